The quantitative estimate of drug-likeness (QED) is 0.424. The molecular weight excluding hydrogens is 450 g/mol. The van der Waals surface area contributed by atoms with Crippen LogP contribution in [0.4, 0.5) is 5.82 Å². The molecular formula is C21H34ClN5O4Si. The van der Waals surface area contributed by atoms with Gasteiger partial charge in [-0.25, -0.2) is 15.0 Å². The average Bonchev–Trinajstić information content (AvgIpc) is 3.41. The number of aromatic nitrogens is 4. The van der Waals surface area contributed by atoms with E-state index in [4.69, 9.17) is 20.8 Å². The van der Waals surface area contributed by atoms with Gasteiger partial charge in [0.25, 0.3) is 0 Å². The molecule has 0 amide bonds. The Morgan fingerprint density at radius 3 is 2.62 bits per heavy atom. The zero-order valence-corrected chi connectivity index (χ0v) is 21.1. The Balaban J connectivity index is 1.56. The molecule has 1 aliphatic heterocycles. The molecule has 6 atom stereocenters. The summed E-state index contributed by atoms with van der Waals surface area (Å²) in [5.74, 6) is 0.715. The third-order valence-corrected chi connectivity index (χ3v) is 12.0. The summed E-state index contributed by atoms with van der Waals surface area (Å²) in [5.41, 5.74) is 1.11. The molecule has 3 N–H and O–H groups in total. The highest BCUT2D eigenvalue weighted by atomic mass is 35.5. The van der Waals surface area contributed by atoms with Crippen molar-refractivity contribution in [2.75, 3.05) is 11.2 Å². The van der Waals surface area contributed by atoms with E-state index >= 15 is 0 Å². The van der Waals surface area contributed by atoms with Gasteiger partial charge in [0, 0.05) is 0 Å². The monoisotopic (exact) mass is 483 g/mol. The third-order valence-electron chi connectivity index (χ3n) is 7.15. The molecule has 11 heteroatoms. The van der Waals surface area contributed by atoms with Gasteiger partial charge in [0.1, 0.15) is 24.6 Å². The second-order valence-electron chi connectivity index (χ2n) is 10.3. The van der Waals surface area contributed by atoms with Gasteiger partial charge in [-0.3, -0.25) is 4.57 Å². The van der Waals surface area contributed by atoms with E-state index in [0.717, 1.165) is 19.3 Å². The third kappa shape index (κ3) is 4.28. The first kappa shape index (κ1) is 23.8. The first-order valence-electron chi connectivity index (χ1n) is 11.2. The number of hydrogen-bond donors (Lipinski definition) is 3. The number of nitrogens with one attached hydrogen (secondary N) is 1. The zero-order valence-electron chi connectivity index (χ0n) is 19.3. The van der Waals surface area contributed by atoms with Crippen LogP contribution in [0.25, 0.3) is 11.2 Å². The summed E-state index contributed by atoms with van der Waals surface area (Å²) in [4.78, 5) is 13.3. The van der Waals surface area contributed by atoms with E-state index in [1.807, 2.05) is 0 Å². The number of aliphatic hydroxyl groups is 2. The standard InChI is InChI=1S/C21H34ClN5O4Si/c1-21(2,3)32(4,5)31-13-8-6-7-12(13)26-18-15-19(24-10-23-18)27(11-25-15)20-17(29)16(28)14(9-22)30-20/h10-14,16-17,20,28-29H,6-9H2,1-5H3,(H,23,24,26)/t12?,13?,14-,16-,17-,20-/m1/s1. The highest BCUT2D eigenvalue weighted by Gasteiger charge is 2.44. The molecule has 2 aromatic heterocycles. The van der Waals surface area contributed by atoms with E-state index in [9.17, 15) is 10.2 Å². The first-order chi connectivity index (χ1) is 15.0. The lowest BCUT2D eigenvalue weighted by molar-refractivity contribution is -0.0291. The molecule has 0 spiro atoms. The predicted molar refractivity (Wildman–Crippen MR) is 125 cm³/mol. The van der Waals surface area contributed by atoms with Gasteiger partial charge in [0.15, 0.2) is 31.5 Å². The van der Waals surface area contributed by atoms with E-state index in [1.165, 1.54) is 6.33 Å². The van der Waals surface area contributed by atoms with Crippen LogP contribution >= 0.6 is 11.6 Å². The second-order valence-corrected chi connectivity index (χ2v) is 15.4. The minimum absolute atomic E-state index is 0.0838. The van der Waals surface area contributed by atoms with E-state index in [1.54, 1.807) is 10.9 Å². The number of halogens is 1. The van der Waals surface area contributed by atoms with Crippen LogP contribution in [0, 0.1) is 0 Å². The van der Waals surface area contributed by atoms with E-state index in [-0.39, 0.29) is 23.1 Å². The van der Waals surface area contributed by atoms with Gasteiger partial charge in [-0.05, 0) is 37.4 Å². The van der Waals surface area contributed by atoms with Gasteiger partial charge in [0.2, 0.25) is 0 Å². The molecule has 9 nitrogen and oxygen atoms in total. The van der Waals surface area contributed by atoms with Gasteiger partial charge < -0.3 is 24.7 Å². The molecule has 2 unspecified atom stereocenters. The first-order valence-corrected chi connectivity index (χ1v) is 14.7. The van der Waals surface area contributed by atoms with Gasteiger partial charge >= 0.3 is 0 Å². The molecule has 178 valence electrons. The van der Waals surface area contributed by atoms with Crippen molar-refractivity contribution in [2.45, 2.75) is 94.9 Å². The minimum Gasteiger partial charge on any atom is -0.412 e. The van der Waals surface area contributed by atoms with Crippen molar-refractivity contribution >= 4 is 36.9 Å². The lowest BCUT2D eigenvalue weighted by Crippen LogP contribution is -2.47. The Bertz CT molecular complexity index is 952. The molecule has 1 saturated carbocycles. The number of rotatable bonds is 6. The van der Waals surface area contributed by atoms with Crippen molar-refractivity contribution in [2.24, 2.45) is 0 Å². The van der Waals surface area contributed by atoms with Crippen LogP contribution in [0.15, 0.2) is 12.7 Å². The normalized spacial score (nSPS) is 31.5. The predicted octanol–water partition coefficient (Wildman–Crippen LogP) is 3.04. The largest absolute Gasteiger partial charge is 0.412 e. The average molecular weight is 484 g/mol. The van der Waals surface area contributed by atoms with Gasteiger partial charge in [0.05, 0.1) is 24.4 Å². The summed E-state index contributed by atoms with van der Waals surface area (Å²) < 4.78 is 14.1. The summed E-state index contributed by atoms with van der Waals surface area (Å²) in [5, 5.41) is 24.3. The molecule has 2 aromatic rings. The summed E-state index contributed by atoms with van der Waals surface area (Å²) in [7, 11) is -1.89. The maximum absolute atomic E-state index is 10.4. The number of hydrogen-bond acceptors (Lipinski definition) is 8. The second kappa shape index (κ2) is 8.81. The van der Waals surface area contributed by atoms with Crippen LogP contribution in [-0.4, -0.2) is 74.4 Å². The number of anilines is 1. The maximum Gasteiger partial charge on any atom is 0.192 e. The van der Waals surface area contributed by atoms with Crippen molar-refractivity contribution in [1.82, 2.24) is 19.5 Å². The molecule has 0 radical (unpaired) electrons. The number of nitrogens with zero attached hydrogens (tertiary/aromatic N) is 4. The maximum atomic E-state index is 10.4. The molecule has 3 heterocycles. The van der Waals surface area contributed by atoms with Crippen molar-refractivity contribution in [3.63, 3.8) is 0 Å². The summed E-state index contributed by atoms with van der Waals surface area (Å²) >= 11 is 5.86. The lowest BCUT2D eigenvalue weighted by atomic mass is 10.1. The Morgan fingerprint density at radius 1 is 1.22 bits per heavy atom. The van der Waals surface area contributed by atoms with E-state index in [0.29, 0.717) is 17.0 Å². The molecule has 1 saturated heterocycles. The molecule has 0 aromatic carbocycles. The topological polar surface area (TPSA) is 115 Å². The van der Waals surface area contributed by atoms with Crippen LogP contribution in [0.3, 0.4) is 0 Å². The van der Waals surface area contributed by atoms with Crippen LogP contribution < -0.4 is 5.32 Å². The van der Waals surface area contributed by atoms with Gasteiger partial charge in [-0.15, -0.1) is 11.6 Å². The highest BCUT2D eigenvalue weighted by molar-refractivity contribution is 6.74. The number of fused-ring (bicyclic) bond motifs is 1. The van der Waals surface area contributed by atoms with Crippen molar-refractivity contribution < 1.29 is 19.4 Å². The summed E-state index contributed by atoms with van der Waals surface area (Å²) in [6.07, 6.45) is 2.61. The van der Waals surface area contributed by atoms with Crippen LogP contribution in [0.5, 0.6) is 0 Å². The summed E-state index contributed by atoms with van der Waals surface area (Å²) in [6.45, 7) is 11.3. The Labute approximate surface area is 194 Å². The molecule has 32 heavy (non-hydrogen) atoms. The zero-order chi connectivity index (χ0) is 23.3. The van der Waals surface area contributed by atoms with Crippen molar-refractivity contribution in [3.8, 4) is 0 Å². The molecule has 0 bridgehead atoms. The Morgan fingerprint density at radius 2 is 1.97 bits per heavy atom. The Kier molecular flexibility index (Phi) is 6.56. The lowest BCUT2D eigenvalue weighted by Gasteiger charge is -2.40. The van der Waals surface area contributed by atoms with E-state index < -0.39 is 32.9 Å². The smallest absolute Gasteiger partial charge is 0.192 e. The Hall–Kier alpha value is -1.30. The number of aliphatic hydroxyl groups excluding tert-OH is 2. The van der Waals surface area contributed by atoms with Gasteiger partial charge in [-0.2, -0.15) is 0 Å². The van der Waals surface area contributed by atoms with Crippen LogP contribution in [0.1, 0.15) is 46.3 Å². The molecule has 1 aliphatic carbocycles. The van der Waals surface area contributed by atoms with E-state index in [2.05, 4.69) is 54.1 Å². The fraction of sp³-hybridized carbons (Fsp3) is 0.762. The SMILES string of the molecule is CC(C)(C)[Si](C)(C)OC1CCCC1Nc1ncnc2c1ncn2[C@@H]1O[C@H](CCl)[C@@H](O)[C@H]1O. The highest BCUT2D eigenvalue weighted by Crippen LogP contribution is 2.40. The molecule has 4 rings (SSSR count). The van der Waals surface area contributed by atoms with Gasteiger partial charge in [-0.1, -0.05) is 20.8 Å². The van der Waals surface area contributed by atoms with Crippen LogP contribution in [-0.2, 0) is 9.16 Å². The molecule has 2 aliphatic rings. The number of imidazole rings is 1. The molecule has 2 fully saturated rings. The fourth-order valence-corrected chi connectivity index (χ4v) is 5.84. The van der Waals surface area contributed by atoms with Crippen molar-refractivity contribution in [1.29, 1.82) is 0 Å². The van der Waals surface area contributed by atoms with Crippen molar-refractivity contribution in [3.05, 3.63) is 12.7 Å². The number of ether oxygens (including phenoxy) is 1. The van der Waals surface area contributed by atoms with Crippen LogP contribution in [0.2, 0.25) is 18.1 Å². The summed E-state index contributed by atoms with van der Waals surface area (Å²) in [6, 6.07) is 0.142. The fourth-order valence-electron chi connectivity index (χ4n) is 4.19. The number of alkyl halides is 1. The minimum atomic E-state index is -1.89.